The minimum atomic E-state index is -0.295. The Hall–Kier alpha value is -1.28. The predicted octanol–water partition coefficient (Wildman–Crippen LogP) is 3.45. The van der Waals surface area contributed by atoms with Gasteiger partial charge in [0.1, 0.15) is 0 Å². The number of benzene rings is 1. The quantitative estimate of drug-likeness (QED) is 0.860. The molecule has 1 unspecified atom stereocenters. The molecule has 0 radical (unpaired) electrons. The molecule has 0 saturated carbocycles. The second kappa shape index (κ2) is 4.53. The first kappa shape index (κ1) is 12.2. The van der Waals surface area contributed by atoms with Crippen LogP contribution in [0.15, 0.2) is 24.4 Å². The molecule has 0 fully saturated rings. The molecule has 0 aliphatic carbocycles. The number of nitrogens with zero attached hydrogens (tertiary/aromatic N) is 1. The molecule has 0 amide bonds. The van der Waals surface area contributed by atoms with Crippen molar-refractivity contribution in [3.8, 4) is 0 Å². The van der Waals surface area contributed by atoms with E-state index < -0.39 is 0 Å². The first-order valence-electron chi connectivity index (χ1n) is 6.27. The van der Waals surface area contributed by atoms with Crippen LogP contribution in [-0.4, -0.2) is 15.8 Å². The molecule has 0 spiro atoms. The molecule has 1 heterocycles. The van der Waals surface area contributed by atoms with Crippen LogP contribution in [0.4, 0.5) is 0 Å². The molecule has 92 valence electrons. The van der Waals surface area contributed by atoms with E-state index in [0.29, 0.717) is 12.5 Å². The molecular formula is C15H21NO. The molecule has 0 bridgehead atoms. The van der Waals surface area contributed by atoms with Crippen LogP contribution in [0.2, 0.25) is 0 Å². The molecule has 2 heteroatoms. The molecule has 0 aliphatic rings. The van der Waals surface area contributed by atoms with Gasteiger partial charge in [0.2, 0.25) is 0 Å². The molecule has 1 atom stereocenters. The smallest absolute Gasteiger partial charge is 0.0553 e. The molecule has 1 N–H and O–H groups in total. The van der Waals surface area contributed by atoms with Gasteiger partial charge in [-0.3, -0.25) is 0 Å². The SMILES string of the molecule is Cc1cn(C(C)C)c2c(CC(C)O)cccc12. The Labute approximate surface area is 103 Å². The van der Waals surface area contributed by atoms with Crippen molar-refractivity contribution >= 4 is 10.9 Å². The third-order valence-electron chi connectivity index (χ3n) is 3.21. The summed E-state index contributed by atoms with van der Waals surface area (Å²) in [6, 6.07) is 6.81. The third-order valence-corrected chi connectivity index (χ3v) is 3.21. The maximum atomic E-state index is 9.59. The normalized spacial score (nSPS) is 13.5. The lowest BCUT2D eigenvalue weighted by Crippen LogP contribution is -2.07. The van der Waals surface area contributed by atoms with Gasteiger partial charge in [0.05, 0.1) is 11.6 Å². The van der Waals surface area contributed by atoms with Gasteiger partial charge in [-0.05, 0) is 38.8 Å². The molecular weight excluding hydrogens is 210 g/mol. The van der Waals surface area contributed by atoms with E-state index in [-0.39, 0.29) is 6.10 Å². The topological polar surface area (TPSA) is 25.2 Å². The molecule has 0 aliphatic heterocycles. The Balaban J connectivity index is 2.67. The van der Waals surface area contributed by atoms with Crippen LogP contribution in [-0.2, 0) is 6.42 Å². The van der Waals surface area contributed by atoms with Gasteiger partial charge >= 0.3 is 0 Å². The highest BCUT2D eigenvalue weighted by atomic mass is 16.3. The summed E-state index contributed by atoms with van der Waals surface area (Å²) in [6.45, 7) is 8.37. The molecule has 1 aromatic carbocycles. The summed E-state index contributed by atoms with van der Waals surface area (Å²) in [5.41, 5.74) is 3.82. The summed E-state index contributed by atoms with van der Waals surface area (Å²) in [5.74, 6) is 0. The van der Waals surface area contributed by atoms with Crippen LogP contribution in [0.3, 0.4) is 0 Å². The van der Waals surface area contributed by atoms with Crippen molar-refractivity contribution in [1.82, 2.24) is 4.57 Å². The fourth-order valence-electron chi connectivity index (χ4n) is 2.45. The third kappa shape index (κ3) is 2.22. The summed E-state index contributed by atoms with van der Waals surface area (Å²) in [5, 5.41) is 10.9. The average molecular weight is 231 g/mol. The van der Waals surface area contributed by atoms with Gasteiger partial charge in [-0.1, -0.05) is 18.2 Å². The van der Waals surface area contributed by atoms with Gasteiger partial charge in [0, 0.05) is 24.0 Å². The Morgan fingerprint density at radius 2 is 1.94 bits per heavy atom. The highest BCUT2D eigenvalue weighted by Gasteiger charge is 2.12. The van der Waals surface area contributed by atoms with E-state index in [1.807, 2.05) is 6.92 Å². The van der Waals surface area contributed by atoms with Gasteiger partial charge in [0.15, 0.2) is 0 Å². The number of para-hydroxylation sites is 1. The Bertz CT molecular complexity index is 523. The van der Waals surface area contributed by atoms with Crippen LogP contribution in [0.5, 0.6) is 0 Å². The number of aryl methyl sites for hydroxylation is 1. The maximum absolute atomic E-state index is 9.59. The number of rotatable bonds is 3. The summed E-state index contributed by atoms with van der Waals surface area (Å²) < 4.78 is 2.31. The fraction of sp³-hybridized carbons (Fsp3) is 0.467. The molecule has 17 heavy (non-hydrogen) atoms. The van der Waals surface area contributed by atoms with Gasteiger partial charge in [-0.25, -0.2) is 0 Å². The van der Waals surface area contributed by atoms with Gasteiger partial charge in [-0.15, -0.1) is 0 Å². The van der Waals surface area contributed by atoms with E-state index in [2.05, 4.69) is 49.7 Å². The first-order valence-corrected chi connectivity index (χ1v) is 6.27. The van der Waals surface area contributed by atoms with Crippen LogP contribution in [0, 0.1) is 6.92 Å². The lowest BCUT2D eigenvalue weighted by atomic mass is 10.0. The van der Waals surface area contributed by atoms with E-state index in [4.69, 9.17) is 0 Å². The van der Waals surface area contributed by atoms with E-state index in [0.717, 1.165) is 0 Å². The number of hydrogen-bond acceptors (Lipinski definition) is 1. The van der Waals surface area contributed by atoms with Gasteiger partial charge < -0.3 is 9.67 Å². The minimum absolute atomic E-state index is 0.295. The lowest BCUT2D eigenvalue weighted by molar-refractivity contribution is 0.195. The minimum Gasteiger partial charge on any atom is -0.393 e. The number of aliphatic hydroxyl groups is 1. The number of aromatic nitrogens is 1. The van der Waals surface area contributed by atoms with Gasteiger partial charge in [-0.2, -0.15) is 0 Å². The van der Waals surface area contributed by atoms with E-state index in [1.165, 1.54) is 22.0 Å². The zero-order valence-corrected chi connectivity index (χ0v) is 11.1. The number of hydrogen-bond donors (Lipinski definition) is 1. The van der Waals surface area contributed by atoms with E-state index >= 15 is 0 Å². The van der Waals surface area contributed by atoms with Crippen molar-refractivity contribution in [2.75, 3.05) is 0 Å². The second-order valence-electron chi connectivity index (χ2n) is 5.18. The molecule has 2 rings (SSSR count). The summed E-state index contributed by atoms with van der Waals surface area (Å²) in [6.07, 6.45) is 2.63. The fourth-order valence-corrected chi connectivity index (χ4v) is 2.45. The first-order chi connectivity index (χ1) is 8.00. The average Bonchev–Trinajstić information content (AvgIpc) is 2.57. The highest BCUT2D eigenvalue weighted by molar-refractivity contribution is 5.86. The van der Waals surface area contributed by atoms with Crippen LogP contribution in [0.1, 0.15) is 37.9 Å². The Kier molecular flexibility index (Phi) is 3.25. The zero-order chi connectivity index (χ0) is 12.6. The van der Waals surface area contributed by atoms with Crippen molar-refractivity contribution in [2.24, 2.45) is 0 Å². The lowest BCUT2D eigenvalue weighted by Gasteiger charge is -2.13. The number of aliphatic hydroxyl groups excluding tert-OH is 1. The largest absolute Gasteiger partial charge is 0.393 e. The molecule has 1 aromatic heterocycles. The standard InChI is InChI=1S/C15H21NO/c1-10(2)16-9-11(3)14-7-5-6-13(15(14)16)8-12(4)17/h5-7,9-10,12,17H,8H2,1-4H3. The summed E-state index contributed by atoms with van der Waals surface area (Å²) >= 11 is 0. The molecule has 2 aromatic rings. The monoisotopic (exact) mass is 231 g/mol. The van der Waals surface area contributed by atoms with E-state index in [9.17, 15) is 5.11 Å². The Morgan fingerprint density at radius 3 is 2.53 bits per heavy atom. The highest BCUT2D eigenvalue weighted by Crippen LogP contribution is 2.27. The Morgan fingerprint density at radius 1 is 1.24 bits per heavy atom. The molecule has 0 saturated heterocycles. The van der Waals surface area contributed by atoms with Crippen molar-refractivity contribution in [3.63, 3.8) is 0 Å². The number of fused-ring (bicyclic) bond motifs is 1. The van der Waals surface area contributed by atoms with Crippen molar-refractivity contribution < 1.29 is 5.11 Å². The van der Waals surface area contributed by atoms with Crippen LogP contribution < -0.4 is 0 Å². The summed E-state index contributed by atoms with van der Waals surface area (Å²) in [7, 11) is 0. The van der Waals surface area contributed by atoms with E-state index in [1.54, 1.807) is 0 Å². The maximum Gasteiger partial charge on any atom is 0.0553 e. The zero-order valence-electron chi connectivity index (χ0n) is 11.1. The van der Waals surface area contributed by atoms with Gasteiger partial charge in [0.25, 0.3) is 0 Å². The van der Waals surface area contributed by atoms with Crippen molar-refractivity contribution in [1.29, 1.82) is 0 Å². The van der Waals surface area contributed by atoms with Crippen molar-refractivity contribution in [3.05, 3.63) is 35.5 Å². The predicted molar refractivity (Wildman–Crippen MR) is 72.4 cm³/mol. The summed E-state index contributed by atoms with van der Waals surface area (Å²) in [4.78, 5) is 0. The second-order valence-corrected chi connectivity index (χ2v) is 5.18. The van der Waals surface area contributed by atoms with Crippen molar-refractivity contribution in [2.45, 2.75) is 46.3 Å². The van der Waals surface area contributed by atoms with Crippen LogP contribution in [0.25, 0.3) is 10.9 Å². The molecule has 2 nitrogen and oxygen atoms in total. The van der Waals surface area contributed by atoms with Crippen LogP contribution >= 0.6 is 0 Å².